The topological polar surface area (TPSA) is 35.5 Å². The van der Waals surface area contributed by atoms with E-state index < -0.39 is 0 Å². The van der Waals surface area contributed by atoms with Gasteiger partial charge in [0.25, 0.3) is 0 Å². The number of hydrogen-bond donors (Lipinski definition) is 0. The maximum atomic E-state index is 10.7. The van der Waals surface area contributed by atoms with Crippen molar-refractivity contribution in [3.8, 4) is 0 Å². The predicted octanol–water partition coefficient (Wildman–Crippen LogP) is 4.22. The summed E-state index contributed by atoms with van der Waals surface area (Å²) in [5.41, 5.74) is 0. The summed E-state index contributed by atoms with van der Waals surface area (Å²) in [6.45, 7) is 5.10. The first kappa shape index (κ1) is 17.2. The third kappa shape index (κ3) is 11.6. The molecule has 0 heterocycles. The third-order valence-corrected chi connectivity index (χ3v) is 2.68. The van der Waals surface area contributed by atoms with E-state index in [-0.39, 0.29) is 6.79 Å². The first-order valence-electron chi connectivity index (χ1n) is 7.21. The third-order valence-electron chi connectivity index (χ3n) is 2.68. The Morgan fingerprint density at radius 2 is 1.72 bits per heavy atom. The molecule has 3 nitrogen and oxygen atoms in total. The number of aldehydes is 1. The fraction of sp³-hybridized carbons (Fsp3) is 0.800. The van der Waals surface area contributed by atoms with Crippen molar-refractivity contribution in [3.63, 3.8) is 0 Å². The van der Waals surface area contributed by atoms with Gasteiger partial charge in [0.1, 0.15) is 0 Å². The normalized spacial score (nSPS) is 11.6. The van der Waals surface area contributed by atoms with Crippen LogP contribution in [0.5, 0.6) is 0 Å². The maximum absolute atomic E-state index is 10.7. The van der Waals surface area contributed by atoms with E-state index in [0.717, 1.165) is 25.5 Å². The molecule has 0 fully saturated rings. The summed E-state index contributed by atoms with van der Waals surface area (Å²) in [5, 5.41) is 0. The van der Waals surface area contributed by atoms with Crippen molar-refractivity contribution in [1.82, 2.24) is 0 Å². The van der Waals surface area contributed by atoms with Gasteiger partial charge < -0.3 is 9.47 Å². The fourth-order valence-corrected chi connectivity index (χ4v) is 1.62. The van der Waals surface area contributed by atoms with E-state index in [9.17, 15) is 4.79 Å². The zero-order valence-electron chi connectivity index (χ0n) is 12.0. The van der Waals surface area contributed by atoms with E-state index in [0.29, 0.717) is 12.4 Å². The molecule has 18 heavy (non-hydrogen) atoms. The molecule has 0 N–H and O–H groups in total. The molecule has 0 spiro atoms. The highest BCUT2D eigenvalue weighted by Crippen LogP contribution is 2.08. The van der Waals surface area contributed by atoms with Gasteiger partial charge in [-0.05, 0) is 25.3 Å². The molecule has 0 bridgehead atoms. The SMILES string of the molecule is CCCCCCCC/C=C(\C=O)OCOCCC. The summed E-state index contributed by atoms with van der Waals surface area (Å²) >= 11 is 0. The van der Waals surface area contributed by atoms with Crippen LogP contribution < -0.4 is 0 Å². The number of hydrogen-bond acceptors (Lipinski definition) is 3. The minimum atomic E-state index is 0.176. The van der Waals surface area contributed by atoms with Crippen molar-refractivity contribution in [2.24, 2.45) is 0 Å². The number of ether oxygens (including phenoxy) is 2. The van der Waals surface area contributed by atoms with E-state index in [1.54, 1.807) is 0 Å². The second-order valence-electron chi connectivity index (χ2n) is 4.45. The lowest BCUT2D eigenvalue weighted by atomic mass is 10.1. The Balaban J connectivity index is 3.49. The molecule has 0 aliphatic rings. The number of allylic oxidation sites excluding steroid dienone is 2. The van der Waals surface area contributed by atoms with Crippen LogP contribution in [0, 0.1) is 0 Å². The first-order chi connectivity index (χ1) is 8.85. The molecule has 0 aliphatic heterocycles. The number of unbranched alkanes of at least 4 members (excludes halogenated alkanes) is 6. The molecule has 0 rings (SSSR count). The minimum Gasteiger partial charge on any atom is -0.464 e. The van der Waals surface area contributed by atoms with Crippen LogP contribution in [0.4, 0.5) is 0 Å². The van der Waals surface area contributed by atoms with Crippen LogP contribution in [0.3, 0.4) is 0 Å². The molecule has 0 unspecified atom stereocenters. The highest BCUT2D eigenvalue weighted by atomic mass is 16.7. The zero-order valence-corrected chi connectivity index (χ0v) is 12.0. The largest absolute Gasteiger partial charge is 0.464 e. The van der Waals surface area contributed by atoms with Crippen molar-refractivity contribution in [3.05, 3.63) is 11.8 Å². The average molecular weight is 256 g/mol. The van der Waals surface area contributed by atoms with Crippen LogP contribution in [0.15, 0.2) is 11.8 Å². The predicted molar refractivity (Wildman–Crippen MR) is 74.3 cm³/mol. The van der Waals surface area contributed by atoms with E-state index in [4.69, 9.17) is 9.47 Å². The Kier molecular flexibility index (Phi) is 13.6. The Bertz CT molecular complexity index is 212. The molecule has 0 amide bonds. The van der Waals surface area contributed by atoms with Crippen LogP contribution in [0.25, 0.3) is 0 Å². The maximum Gasteiger partial charge on any atom is 0.189 e. The number of rotatable bonds is 13. The van der Waals surface area contributed by atoms with Crippen molar-refractivity contribution in [2.75, 3.05) is 13.4 Å². The summed E-state index contributed by atoms with van der Waals surface area (Å²) in [4.78, 5) is 10.7. The summed E-state index contributed by atoms with van der Waals surface area (Å²) < 4.78 is 10.4. The highest BCUT2D eigenvalue weighted by molar-refractivity contribution is 5.69. The Morgan fingerprint density at radius 1 is 1.00 bits per heavy atom. The van der Waals surface area contributed by atoms with Crippen LogP contribution in [-0.4, -0.2) is 19.7 Å². The summed E-state index contributed by atoms with van der Waals surface area (Å²) in [7, 11) is 0. The van der Waals surface area contributed by atoms with Gasteiger partial charge in [-0.15, -0.1) is 0 Å². The second-order valence-corrected chi connectivity index (χ2v) is 4.45. The quantitative estimate of drug-likeness (QED) is 0.163. The van der Waals surface area contributed by atoms with Crippen LogP contribution >= 0.6 is 0 Å². The van der Waals surface area contributed by atoms with E-state index in [1.165, 1.54) is 32.1 Å². The molecular formula is C15H28O3. The highest BCUT2D eigenvalue weighted by Gasteiger charge is 1.96. The van der Waals surface area contributed by atoms with E-state index in [2.05, 4.69) is 6.92 Å². The molecule has 0 aliphatic carbocycles. The minimum absolute atomic E-state index is 0.176. The molecule has 0 radical (unpaired) electrons. The lowest BCUT2D eigenvalue weighted by Crippen LogP contribution is -2.01. The molecule has 0 atom stereocenters. The lowest BCUT2D eigenvalue weighted by molar-refractivity contribution is -0.111. The van der Waals surface area contributed by atoms with Crippen molar-refractivity contribution in [1.29, 1.82) is 0 Å². The molecule has 3 heteroatoms. The number of carbonyl (C=O) groups is 1. The first-order valence-corrected chi connectivity index (χ1v) is 7.21. The van der Waals surface area contributed by atoms with Gasteiger partial charge in [-0.1, -0.05) is 46.0 Å². The second kappa shape index (κ2) is 14.2. The van der Waals surface area contributed by atoms with Gasteiger partial charge in [0.05, 0.1) is 6.61 Å². The van der Waals surface area contributed by atoms with Gasteiger partial charge >= 0.3 is 0 Å². The summed E-state index contributed by atoms with van der Waals surface area (Å²) in [6, 6.07) is 0. The van der Waals surface area contributed by atoms with Gasteiger partial charge in [0.2, 0.25) is 0 Å². The number of carbonyl (C=O) groups excluding carboxylic acids is 1. The summed E-state index contributed by atoms with van der Waals surface area (Å²) in [6.07, 6.45) is 12.1. The van der Waals surface area contributed by atoms with Gasteiger partial charge in [0.15, 0.2) is 18.8 Å². The van der Waals surface area contributed by atoms with E-state index >= 15 is 0 Å². The smallest absolute Gasteiger partial charge is 0.189 e. The molecule has 106 valence electrons. The fourth-order valence-electron chi connectivity index (χ4n) is 1.62. The Morgan fingerprint density at radius 3 is 2.39 bits per heavy atom. The molecule has 0 saturated carbocycles. The molecule has 0 aromatic rings. The molecule has 0 saturated heterocycles. The van der Waals surface area contributed by atoms with Gasteiger partial charge in [-0.3, -0.25) is 4.79 Å². The average Bonchev–Trinajstić information content (AvgIpc) is 2.40. The van der Waals surface area contributed by atoms with Crippen molar-refractivity contribution < 1.29 is 14.3 Å². The summed E-state index contributed by atoms with van der Waals surface area (Å²) in [5.74, 6) is 0.402. The monoisotopic (exact) mass is 256 g/mol. The molecular weight excluding hydrogens is 228 g/mol. The van der Waals surface area contributed by atoms with Gasteiger partial charge in [0, 0.05) is 0 Å². The van der Waals surface area contributed by atoms with Crippen LogP contribution in [-0.2, 0) is 14.3 Å². The Labute approximate surface area is 112 Å². The van der Waals surface area contributed by atoms with Gasteiger partial charge in [-0.25, -0.2) is 0 Å². The van der Waals surface area contributed by atoms with E-state index in [1.807, 2.05) is 13.0 Å². The zero-order chi connectivity index (χ0) is 13.5. The van der Waals surface area contributed by atoms with Crippen LogP contribution in [0.1, 0.15) is 65.2 Å². The Hall–Kier alpha value is -0.830. The standard InChI is InChI=1S/C15H28O3/c1-3-5-6-7-8-9-10-11-15(13-16)18-14-17-12-4-2/h11,13H,3-10,12,14H2,1-2H3/b15-11+. The van der Waals surface area contributed by atoms with Crippen LogP contribution in [0.2, 0.25) is 0 Å². The molecule has 0 aromatic heterocycles. The van der Waals surface area contributed by atoms with Gasteiger partial charge in [-0.2, -0.15) is 0 Å². The molecule has 0 aromatic carbocycles. The van der Waals surface area contributed by atoms with Crippen molar-refractivity contribution >= 4 is 6.29 Å². The lowest BCUT2D eigenvalue weighted by Gasteiger charge is -2.05. The van der Waals surface area contributed by atoms with Crippen molar-refractivity contribution in [2.45, 2.75) is 65.2 Å².